The summed E-state index contributed by atoms with van der Waals surface area (Å²) in [5, 5.41) is 14.5. The van der Waals surface area contributed by atoms with Gasteiger partial charge in [-0.1, -0.05) is 17.2 Å². The number of hydrogen-bond acceptors (Lipinski definition) is 5. The van der Waals surface area contributed by atoms with Gasteiger partial charge in [-0.2, -0.15) is 5.10 Å². The van der Waals surface area contributed by atoms with Crippen molar-refractivity contribution in [3.05, 3.63) is 22.6 Å². The molecule has 0 radical (unpaired) electrons. The molecule has 0 saturated carbocycles. The maximum absolute atomic E-state index is 12.0. The maximum atomic E-state index is 12.0. The molecule has 0 unspecified atom stereocenters. The second-order valence-corrected chi connectivity index (χ2v) is 4.42. The predicted octanol–water partition coefficient (Wildman–Crippen LogP) is 1.16. The van der Waals surface area contributed by atoms with E-state index in [1.807, 2.05) is 20.9 Å². The smallest absolute Gasteiger partial charge is 0.231 e. The first-order valence-corrected chi connectivity index (χ1v) is 6.13. The first-order chi connectivity index (χ1) is 9.02. The highest BCUT2D eigenvalue weighted by molar-refractivity contribution is 5.92. The monoisotopic (exact) mass is 263 g/mol. The van der Waals surface area contributed by atoms with Crippen molar-refractivity contribution in [2.75, 3.05) is 5.32 Å². The van der Waals surface area contributed by atoms with Crippen molar-refractivity contribution in [1.82, 2.24) is 20.1 Å². The molecule has 2 aromatic heterocycles. The Morgan fingerprint density at radius 3 is 2.58 bits per heavy atom. The molecule has 0 bridgehead atoms. The topological polar surface area (TPSA) is 85.8 Å². The summed E-state index contributed by atoms with van der Waals surface area (Å²) >= 11 is 0. The number of aryl methyl sites for hydroxylation is 3. The molecule has 1 N–H and O–H groups in total. The van der Waals surface area contributed by atoms with Gasteiger partial charge in [0, 0.05) is 12.6 Å². The zero-order valence-electron chi connectivity index (χ0n) is 11.5. The second-order valence-electron chi connectivity index (χ2n) is 4.42. The highest BCUT2D eigenvalue weighted by atomic mass is 16.6. The summed E-state index contributed by atoms with van der Waals surface area (Å²) in [6.45, 7) is 5.74. The zero-order valence-corrected chi connectivity index (χ0v) is 11.5. The lowest BCUT2D eigenvalue weighted by Gasteiger charge is -2.05. The number of nitrogens with zero attached hydrogens (tertiary/aromatic N) is 4. The van der Waals surface area contributed by atoms with E-state index >= 15 is 0 Å². The van der Waals surface area contributed by atoms with Gasteiger partial charge in [-0.25, -0.2) is 4.63 Å². The third-order valence-corrected chi connectivity index (χ3v) is 3.05. The molecular weight excluding hydrogens is 246 g/mol. The Morgan fingerprint density at radius 2 is 2.05 bits per heavy atom. The number of rotatable bonds is 4. The van der Waals surface area contributed by atoms with E-state index in [-0.39, 0.29) is 12.3 Å². The quantitative estimate of drug-likeness (QED) is 0.894. The Kier molecular flexibility index (Phi) is 3.64. The van der Waals surface area contributed by atoms with E-state index in [9.17, 15) is 4.79 Å². The van der Waals surface area contributed by atoms with Crippen molar-refractivity contribution >= 4 is 11.7 Å². The van der Waals surface area contributed by atoms with Crippen LogP contribution in [0.3, 0.4) is 0 Å². The average molecular weight is 263 g/mol. The molecule has 0 aliphatic rings. The first-order valence-electron chi connectivity index (χ1n) is 6.13. The first kappa shape index (κ1) is 13.3. The number of carbonyl (C=O) groups is 1. The van der Waals surface area contributed by atoms with Crippen LogP contribution in [-0.4, -0.2) is 26.0 Å². The second kappa shape index (κ2) is 5.21. The molecule has 0 fully saturated rings. The van der Waals surface area contributed by atoms with E-state index in [2.05, 4.69) is 25.4 Å². The van der Waals surface area contributed by atoms with E-state index in [4.69, 9.17) is 0 Å². The molecule has 19 heavy (non-hydrogen) atoms. The van der Waals surface area contributed by atoms with E-state index in [0.29, 0.717) is 11.4 Å². The van der Waals surface area contributed by atoms with Crippen LogP contribution in [0, 0.1) is 13.8 Å². The summed E-state index contributed by atoms with van der Waals surface area (Å²) in [4.78, 5) is 12.0. The van der Waals surface area contributed by atoms with Gasteiger partial charge in [-0.05, 0) is 20.3 Å². The van der Waals surface area contributed by atoms with E-state index in [0.717, 1.165) is 23.5 Å². The van der Waals surface area contributed by atoms with Gasteiger partial charge in [0.2, 0.25) is 5.91 Å². The van der Waals surface area contributed by atoms with Crippen LogP contribution in [0.2, 0.25) is 0 Å². The number of aromatic nitrogens is 4. The molecule has 0 spiro atoms. The fourth-order valence-electron chi connectivity index (χ4n) is 1.93. The van der Waals surface area contributed by atoms with E-state index in [1.54, 1.807) is 11.6 Å². The lowest BCUT2D eigenvalue weighted by atomic mass is 10.2. The summed E-state index contributed by atoms with van der Waals surface area (Å²) in [6, 6.07) is 0. The molecule has 0 atom stereocenters. The van der Waals surface area contributed by atoms with Crippen molar-refractivity contribution in [1.29, 1.82) is 0 Å². The SMILES string of the molecule is CCc1nn(C)c(NC(=O)Cc2nonc2C)c1C. The third kappa shape index (κ3) is 2.64. The van der Waals surface area contributed by atoms with E-state index < -0.39 is 0 Å². The highest BCUT2D eigenvalue weighted by Crippen LogP contribution is 2.18. The molecule has 7 nitrogen and oxygen atoms in total. The van der Waals surface area contributed by atoms with Crippen LogP contribution >= 0.6 is 0 Å². The third-order valence-electron chi connectivity index (χ3n) is 3.05. The van der Waals surface area contributed by atoms with Crippen LogP contribution in [-0.2, 0) is 24.7 Å². The summed E-state index contributed by atoms with van der Waals surface area (Å²) in [7, 11) is 1.81. The molecular formula is C12H17N5O2. The lowest BCUT2D eigenvalue weighted by molar-refractivity contribution is -0.115. The Hall–Kier alpha value is -2.18. The predicted molar refractivity (Wildman–Crippen MR) is 68.7 cm³/mol. The fraction of sp³-hybridized carbons (Fsp3) is 0.500. The van der Waals surface area contributed by atoms with Gasteiger partial charge < -0.3 is 5.32 Å². The minimum absolute atomic E-state index is 0.140. The number of anilines is 1. The molecule has 2 rings (SSSR count). The molecule has 2 aromatic rings. The molecule has 0 aliphatic carbocycles. The number of hydrogen-bond donors (Lipinski definition) is 1. The molecule has 7 heteroatoms. The van der Waals surface area contributed by atoms with Crippen molar-refractivity contribution in [3.8, 4) is 0 Å². The van der Waals surface area contributed by atoms with Crippen molar-refractivity contribution < 1.29 is 9.42 Å². The Balaban J connectivity index is 2.11. The van der Waals surface area contributed by atoms with Crippen LogP contribution < -0.4 is 5.32 Å². The largest absolute Gasteiger partial charge is 0.310 e. The molecule has 0 aromatic carbocycles. The van der Waals surface area contributed by atoms with Gasteiger partial charge >= 0.3 is 0 Å². The summed E-state index contributed by atoms with van der Waals surface area (Å²) in [5.74, 6) is 0.559. The number of carbonyl (C=O) groups excluding carboxylic acids is 1. The van der Waals surface area contributed by atoms with Crippen LogP contribution in [0.5, 0.6) is 0 Å². The normalized spacial score (nSPS) is 10.7. The maximum Gasteiger partial charge on any atom is 0.231 e. The van der Waals surface area contributed by atoms with Crippen LogP contribution in [0.4, 0.5) is 5.82 Å². The summed E-state index contributed by atoms with van der Waals surface area (Å²) in [5.41, 5.74) is 3.16. The minimum Gasteiger partial charge on any atom is -0.310 e. The Morgan fingerprint density at radius 1 is 1.32 bits per heavy atom. The van der Waals surface area contributed by atoms with Crippen molar-refractivity contribution in [2.24, 2.45) is 7.05 Å². The Labute approximate surface area is 110 Å². The molecule has 1 amide bonds. The Bertz CT molecular complexity index is 599. The van der Waals surface area contributed by atoms with E-state index in [1.165, 1.54) is 0 Å². The highest BCUT2D eigenvalue weighted by Gasteiger charge is 2.16. The molecule has 0 aliphatic heterocycles. The zero-order chi connectivity index (χ0) is 14.0. The molecule has 0 saturated heterocycles. The van der Waals surface area contributed by atoms with Gasteiger partial charge in [-0.15, -0.1) is 0 Å². The molecule has 102 valence electrons. The number of nitrogens with one attached hydrogen (secondary N) is 1. The van der Waals surface area contributed by atoms with Crippen LogP contribution in [0.25, 0.3) is 0 Å². The van der Waals surface area contributed by atoms with Gasteiger partial charge in [0.25, 0.3) is 0 Å². The van der Waals surface area contributed by atoms with Gasteiger partial charge in [0.05, 0.1) is 12.1 Å². The van der Waals surface area contributed by atoms with Crippen molar-refractivity contribution in [2.45, 2.75) is 33.6 Å². The van der Waals surface area contributed by atoms with Crippen molar-refractivity contribution in [3.63, 3.8) is 0 Å². The van der Waals surface area contributed by atoms with Gasteiger partial charge in [0.1, 0.15) is 17.2 Å². The van der Waals surface area contributed by atoms with Crippen LogP contribution in [0.15, 0.2) is 4.63 Å². The number of amides is 1. The molecule has 2 heterocycles. The average Bonchev–Trinajstić information content (AvgIpc) is 2.88. The van der Waals surface area contributed by atoms with Crippen LogP contribution in [0.1, 0.15) is 29.6 Å². The summed E-state index contributed by atoms with van der Waals surface area (Å²) < 4.78 is 6.25. The fourth-order valence-corrected chi connectivity index (χ4v) is 1.93. The van der Waals surface area contributed by atoms with Gasteiger partial charge in [0.15, 0.2) is 0 Å². The minimum atomic E-state index is -0.160. The van der Waals surface area contributed by atoms with Gasteiger partial charge in [-0.3, -0.25) is 9.48 Å². The summed E-state index contributed by atoms with van der Waals surface area (Å²) in [6.07, 6.45) is 0.975. The standard InChI is InChI=1S/C12H17N5O2/c1-5-9-7(2)12(17(4)14-9)13-11(18)6-10-8(3)15-19-16-10/h5-6H2,1-4H3,(H,13,18). The lowest BCUT2D eigenvalue weighted by Crippen LogP contribution is -2.18.